The second-order valence-corrected chi connectivity index (χ2v) is 7.76. The Bertz CT molecular complexity index is 1270. The Morgan fingerprint density at radius 2 is 1.70 bits per heavy atom. The molecule has 27 heavy (non-hydrogen) atoms. The molecule has 0 aliphatic heterocycles. The topological polar surface area (TPSA) is 85.8 Å². The number of aromatic amines is 1. The Morgan fingerprint density at radius 1 is 0.889 bits per heavy atom. The fraction of sp³-hybridized carbons (Fsp3) is 0. The predicted molar refractivity (Wildman–Crippen MR) is 106 cm³/mol. The summed E-state index contributed by atoms with van der Waals surface area (Å²) in [4.78, 5) is 3.13. The van der Waals surface area contributed by atoms with Crippen LogP contribution in [0.3, 0.4) is 0 Å². The van der Waals surface area contributed by atoms with E-state index in [0.717, 1.165) is 16.5 Å². The first kappa shape index (κ1) is 16.9. The molecule has 0 bridgehead atoms. The molecule has 2 N–H and O–H groups in total. The van der Waals surface area contributed by atoms with E-state index in [1.165, 1.54) is 12.1 Å². The minimum atomic E-state index is -3.84. The number of benzene rings is 3. The van der Waals surface area contributed by atoms with Crippen molar-refractivity contribution in [3.8, 4) is 17.2 Å². The number of hydrogen-bond acceptors (Lipinski definition) is 3. The van der Waals surface area contributed by atoms with Crippen molar-refractivity contribution in [3.05, 3.63) is 84.6 Å². The largest absolute Gasteiger partial charge is 0.359 e. The molecule has 4 rings (SSSR count). The van der Waals surface area contributed by atoms with Crippen LogP contribution in [0.15, 0.2) is 83.9 Å². The first-order chi connectivity index (χ1) is 13.1. The molecule has 0 saturated carbocycles. The number of nitrogens with zero attached hydrogens (tertiary/aromatic N) is 1. The second-order valence-electron chi connectivity index (χ2n) is 6.08. The SMILES string of the molecule is N#Cc1cccc(S(=O)(=O)Nc2cc(-c3ccccc3)cc3cc[nH]c23)c1. The highest BCUT2D eigenvalue weighted by Gasteiger charge is 2.17. The fourth-order valence-electron chi connectivity index (χ4n) is 2.99. The third-order valence-corrected chi connectivity index (χ3v) is 5.65. The van der Waals surface area contributed by atoms with Gasteiger partial charge in [0.25, 0.3) is 10.0 Å². The van der Waals surface area contributed by atoms with Crippen LogP contribution in [0, 0.1) is 11.3 Å². The van der Waals surface area contributed by atoms with Gasteiger partial charge in [0.1, 0.15) is 0 Å². The predicted octanol–water partition coefficient (Wildman–Crippen LogP) is 4.51. The van der Waals surface area contributed by atoms with Crippen molar-refractivity contribution in [1.29, 1.82) is 5.26 Å². The Labute approximate surface area is 157 Å². The molecule has 6 heteroatoms. The van der Waals surface area contributed by atoms with Crippen LogP contribution in [0.4, 0.5) is 5.69 Å². The van der Waals surface area contributed by atoms with Crippen molar-refractivity contribution in [2.24, 2.45) is 0 Å². The molecule has 0 amide bonds. The van der Waals surface area contributed by atoms with Crippen LogP contribution in [0.2, 0.25) is 0 Å². The maximum atomic E-state index is 12.8. The summed E-state index contributed by atoms with van der Waals surface area (Å²) in [7, 11) is -3.84. The number of hydrogen-bond donors (Lipinski definition) is 2. The monoisotopic (exact) mass is 373 g/mol. The number of nitriles is 1. The molecule has 132 valence electrons. The Kier molecular flexibility index (Phi) is 4.15. The number of sulfonamides is 1. The van der Waals surface area contributed by atoms with Gasteiger partial charge in [0, 0.05) is 11.6 Å². The lowest BCUT2D eigenvalue weighted by molar-refractivity contribution is 0.601. The van der Waals surface area contributed by atoms with E-state index in [1.54, 1.807) is 24.4 Å². The molecule has 0 unspecified atom stereocenters. The van der Waals surface area contributed by atoms with Gasteiger partial charge in [0.15, 0.2) is 0 Å². The van der Waals surface area contributed by atoms with Gasteiger partial charge >= 0.3 is 0 Å². The second kappa shape index (κ2) is 6.63. The summed E-state index contributed by atoms with van der Waals surface area (Å²) in [5.74, 6) is 0. The maximum Gasteiger partial charge on any atom is 0.262 e. The number of aromatic nitrogens is 1. The minimum absolute atomic E-state index is 0.0476. The molecule has 0 saturated heterocycles. The third-order valence-electron chi connectivity index (χ3n) is 4.28. The Hall–Kier alpha value is -3.56. The van der Waals surface area contributed by atoms with Crippen molar-refractivity contribution in [2.75, 3.05) is 4.72 Å². The molecule has 0 spiro atoms. The normalized spacial score (nSPS) is 11.2. The number of fused-ring (bicyclic) bond motifs is 1. The smallest absolute Gasteiger partial charge is 0.262 e. The summed E-state index contributed by atoms with van der Waals surface area (Å²) < 4.78 is 28.4. The van der Waals surface area contributed by atoms with Gasteiger partial charge in [-0.05, 0) is 47.5 Å². The molecule has 0 fully saturated rings. The van der Waals surface area contributed by atoms with E-state index in [1.807, 2.05) is 48.5 Å². The number of rotatable bonds is 4. The van der Waals surface area contributed by atoms with E-state index in [4.69, 9.17) is 5.26 Å². The van der Waals surface area contributed by atoms with Crippen LogP contribution in [0.1, 0.15) is 5.56 Å². The summed E-state index contributed by atoms with van der Waals surface area (Å²) in [6, 6.07) is 23.4. The number of anilines is 1. The quantitative estimate of drug-likeness (QED) is 0.552. The van der Waals surface area contributed by atoms with Crippen molar-refractivity contribution in [2.45, 2.75) is 4.90 Å². The molecule has 0 radical (unpaired) electrons. The lowest BCUT2D eigenvalue weighted by Crippen LogP contribution is -2.13. The first-order valence-electron chi connectivity index (χ1n) is 8.26. The van der Waals surface area contributed by atoms with Gasteiger partial charge in [-0.2, -0.15) is 5.26 Å². The van der Waals surface area contributed by atoms with Crippen LogP contribution >= 0.6 is 0 Å². The van der Waals surface area contributed by atoms with Gasteiger partial charge in [-0.25, -0.2) is 8.42 Å². The summed E-state index contributed by atoms with van der Waals surface area (Å²) in [6.07, 6.45) is 1.77. The molecule has 3 aromatic carbocycles. The zero-order chi connectivity index (χ0) is 18.9. The number of H-pyrrole nitrogens is 1. The Balaban J connectivity index is 1.81. The molecule has 4 aromatic rings. The molecule has 0 aliphatic rings. The van der Waals surface area contributed by atoms with Crippen LogP contribution < -0.4 is 4.72 Å². The van der Waals surface area contributed by atoms with E-state index >= 15 is 0 Å². The lowest BCUT2D eigenvalue weighted by atomic mass is 10.0. The zero-order valence-corrected chi connectivity index (χ0v) is 15.0. The number of nitrogens with one attached hydrogen (secondary N) is 2. The van der Waals surface area contributed by atoms with E-state index < -0.39 is 10.0 Å². The van der Waals surface area contributed by atoms with Gasteiger partial charge in [-0.1, -0.05) is 36.4 Å². The van der Waals surface area contributed by atoms with Crippen molar-refractivity contribution >= 4 is 26.6 Å². The van der Waals surface area contributed by atoms with E-state index in [0.29, 0.717) is 16.8 Å². The standard InChI is InChI=1S/C21H15N3O2S/c22-14-15-5-4-8-19(11-15)27(25,26)24-20-13-18(16-6-2-1-3-7-16)12-17-9-10-23-21(17)20/h1-13,23-24H. The highest BCUT2D eigenvalue weighted by molar-refractivity contribution is 7.92. The third kappa shape index (κ3) is 3.28. The minimum Gasteiger partial charge on any atom is -0.359 e. The van der Waals surface area contributed by atoms with E-state index in [9.17, 15) is 8.42 Å². The van der Waals surface area contributed by atoms with Crippen LogP contribution in [-0.4, -0.2) is 13.4 Å². The lowest BCUT2D eigenvalue weighted by Gasteiger charge is -2.12. The average molecular weight is 373 g/mol. The van der Waals surface area contributed by atoms with Crippen LogP contribution in [0.25, 0.3) is 22.0 Å². The van der Waals surface area contributed by atoms with Gasteiger partial charge in [-0.3, -0.25) is 4.72 Å². The van der Waals surface area contributed by atoms with E-state index in [2.05, 4.69) is 9.71 Å². The molecule has 5 nitrogen and oxygen atoms in total. The highest BCUT2D eigenvalue weighted by Crippen LogP contribution is 2.31. The van der Waals surface area contributed by atoms with Crippen molar-refractivity contribution in [1.82, 2.24) is 4.98 Å². The van der Waals surface area contributed by atoms with Gasteiger partial charge in [-0.15, -0.1) is 0 Å². The maximum absolute atomic E-state index is 12.8. The highest BCUT2D eigenvalue weighted by atomic mass is 32.2. The van der Waals surface area contributed by atoms with Crippen molar-refractivity contribution in [3.63, 3.8) is 0 Å². The van der Waals surface area contributed by atoms with E-state index in [-0.39, 0.29) is 4.90 Å². The molecular formula is C21H15N3O2S. The molecular weight excluding hydrogens is 358 g/mol. The molecule has 0 aliphatic carbocycles. The summed E-state index contributed by atoms with van der Waals surface area (Å²) >= 11 is 0. The average Bonchev–Trinajstić information content (AvgIpc) is 3.17. The molecule has 0 atom stereocenters. The summed E-state index contributed by atoms with van der Waals surface area (Å²) in [5, 5.41) is 9.93. The van der Waals surface area contributed by atoms with Gasteiger partial charge in [0.05, 0.1) is 27.7 Å². The molecule has 1 heterocycles. The first-order valence-corrected chi connectivity index (χ1v) is 9.75. The fourth-order valence-corrected chi connectivity index (χ4v) is 4.09. The van der Waals surface area contributed by atoms with Gasteiger partial charge < -0.3 is 4.98 Å². The van der Waals surface area contributed by atoms with Crippen LogP contribution in [0.5, 0.6) is 0 Å². The summed E-state index contributed by atoms with van der Waals surface area (Å²) in [6.45, 7) is 0. The van der Waals surface area contributed by atoms with Gasteiger partial charge in [0.2, 0.25) is 0 Å². The zero-order valence-electron chi connectivity index (χ0n) is 14.2. The summed E-state index contributed by atoms with van der Waals surface area (Å²) in [5.41, 5.74) is 3.35. The van der Waals surface area contributed by atoms with Crippen molar-refractivity contribution < 1.29 is 8.42 Å². The Morgan fingerprint density at radius 3 is 2.48 bits per heavy atom. The molecule has 1 aromatic heterocycles. The van der Waals surface area contributed by atoms with Crippen LogP contribution in [-0.2, 0) is 10.0 Å².